The Morgan fingerprint density at radius 3 is 2.14 bits per heavy atom. The number of amides is 2. The number of benzene rings is 2. The minimum atomic E-state index is -0.297. The van der Waals surface area contributed by atoms with E-state index in [-0.39, 0.29) is 25.0 Å². The molecule has 1 heterocycles. The molecule has 0 atom stereocenters. The van der Waals surface area contributed by atoms with Crippen LogP contribution in [0.3, 0.4) is 0 Å². The van der Waals surface area contributed by atoms with Crippen molar-refractivity contribution in [2.24, 2.45) is 0 Å². The third kappa shape index (κ3) is 6.14. The Hall–Kier alpha value is -3.22. The van der Waals surface area contributed by atoms with Crippen LogP contribution < -0.4 is 19.5 Å². The Labute approximate surface area is 170 Å². The van der Waals surface area contributed by atoms with E-state index in [0.29, 0.717) is 22.9 Å². The number of anilines is 1. The van der Waals surface area contributed by atoms with Crippen molar-refractivity contribution in [3.05, 3.63) is 48.5 Å². The van der Waals surface area contributed by atoms with Gasteiger partial charge in [-0.1, -0.05) is 12.1 Å². The molecule has 2 aromatic carbocycles. The highest BCUT2D eigenvalue weighted by Crippen LogP contribution is 2.26. The third-order valence-corrected chi connectivity index (χ3v) is 4.64. The van der Waals surface area contributed by atoms with Gasteiger partial charge in [0.2, 0.25) is 0 Å². The van der Waals surface area contributed by atoms with E-state index >= 15 is 0 Å². The number of methoxy groups -OCH3 is 1. The SMILES string of the molecule is COc1ccc(NC(=O)COc2ccccc2OCC(=O)N2CCCCC2)cc1. The molecule has 29 heavy (non-hydrogen) atoms. The van der Waals surface area contributed by atoms with E-state index in [4.69, 9.17) is 14.2 Å². The average molecular weight is 398 g/mol. The summed E-state index contributed by atoms with van der Waals surface area (Å²) in [5.41, 5.74) is 0.649. The molecule has 1 fully saturated rings. The molecule has 2 aromatic rings. The van der Waals surface area contributed by atoms with Gasteiger partial charge in [0.25, 0.3) is 11.8 Å². The van der Waals surface area contributed by atoms with Crippen LogP contribution in [0.1, 0.15) is 19.3 Å². The van der Waals surface area contributed by atoms with E-state index < -0.39 is 0 Å². The van der Waals surface area contributed by atoms with Gasteiger partial charge in [-0.05, 0) is 55.7 Å². The predicted molar refractivity (Wildman–Crippen MR) is 109 cm³/mol. The molecule has 1 aliphatic rings. The quantitative estimate of drug-likeness (QED) is 0.739. The van der Waals surface area contributed by atoms with Crippen LogP contribution >= 0.6 is 0 Å². The van der Waals surface area contributed by atoms with Crippen molar-refractivity contribution in [1.29, 1.82) is 0 Å². The van der Waals surface area contributed by atoms with Crippen LogP contribution in [0.2, 0.25) is 0 Å². The molecule has 0 unspecified atom stereocenters. The summed E-state index contributed by atoms with van der Waals surface area (Å²) in [4.78, 5) is 26.3. The van der Waals surface area contributed by atoms with Gasteiger partial charge >= 0.3 is 0 Å². The number of ether oxygens (including phenoxy) is 3. The Balaban J connectivity index is 1.50. The Bertz CT molecular complexity index is 816. The Morgan fingerprint density at radius 2 is 1.52 bits per heavy atom. The van der Waals surface area contributed by atoms with Crippen molar-refractivity contribution in [3.63, 3.8) is 0 Å². The van der Waals surface area contributed by atoms with Crippen LogP contribution in [0, 0.1) is 0 Å². The highest BCUT2D eigenvalue weighted by atomic mass is 16.5. The third-order valence-electron chi connectivity index (χ3n) is 4.64. The van der Waals surface area contributed by atoms with E-state index in [1.165, 1.54) is 6.42 Å². The normalized spacial score (nSPS) is 13.5. The van der Waals surface area contributed by atoms with Crippen LogP contribution in [-0.2, 0) is 9.59 Å². The van der Waals surface area contributed by atoms with Gasteiger partial charge in [0.05, 0.1) is 7.11 Å². The fraction of sp³-hybridized carbons (Fsp3) is 0.364. The molecule has 7 nitrogen and oxygen atoms in total. The van der Waals surface area contributed by atoms with E-state index in [1.54, 1.807) is 55.6 Å². The number of likely N-dealkylation sites (tertiary alicyclic amines) is 1. The predicted octanol–water partition coefficient (Wildman–Crippen LogP) is 3.10. The number of para-hydroxylation sites is 2. The van der Waals surface area contributed by atoms with Crippen molar-refractivity contribution in [3.8, 4) is 17.2 Å². The van der Waals surface area contributed by atoms with Gasteiger partial charge < -0.3 is 24.4 Å². The summed E-state index contributed by atoms with van der Waals surface area (Å²) in [6.45, 7) is 1.35. The van der Waals surface area contributed by atoms with Crippen LogP contribution in [0.15, 0.2) is 48.5 Å². The lowest BCUT2D eigenvalue weighted by atomic mass is 10.1. The molecule has 0 aromatic heterocycles. The lowest BCUT2D eigenvalue weighted by Crippen LogP contribution is -2.38. The van der Waals surface area contributed by atoms with Gasteiger partial charge in [0, 0.05) is 18.8 Å². The number of nitrogens with one attached hydrogen (secondary N) is 1. The molecule has 0 radical (unpaired) electrons. The standard InChI is InChI=1S/C22H26N2O5/c1-27-18-11-9-17(10-12-18)23-21(25)15-28-19-7-3-4-8-20(19)29-16-22(26)24-13-5-2-6-14-24/h3-4,7-12H,2,5-6,13-16H2,1H3,(H,23,25). The van der Waals surface area contributed by atoms with Gasteiger partial charge in [0.15, 0.2) is 24.7 Å². The molecule has 7 heteroatoms. The smallest absolute Gasteiger partial charge is 0.262 e. The van der Waals surface area contributed by atoms with Crippen LogP contribution in [-0.4, -0.2) is 50.1 Å². The fourth-order valence-electron chi connectivity index (χ4n) is 3.08. The van der Waals surface area contributed by atoms with Crippen LogP contribution in [0.5, 0.6) is 17.2 Å². The molecule has 3 rings (SSSR count). The average Bonchev–Trinajstić information content (AvgIpc) is 2.77. The van der Waals surface area contributed by atoms with E-state index in [9.17, 15) is 9.59 Å². The van der Waals surface area contributed by atoms with Crippen LogP contribution in [0.4, 0.5) is 5.69 Å². The second-order valence-corrected chi connectivity index (χ2v) is 6.74. The maximum Gasteiger partial charge on any atom is 0.262 e. The first-order chi connectivity index (χ1) is 14.2. The zero-order valence-corrected chi connectivity index (χ0v) is 16.6. The molecule has 1 aliphatic heterocycles. The molecular formula is C22H26N2O5. The van der Waals surface area contributed by atoms with Crippen molar-refractivity contribution in [1.82, 2.24) is 4.90 Å². The van der Waals surface area contributed by atoms with Crippen molar-refractivity contribution in [2.75, 3.05) is 38.7 Å². The number of nitrogens with zero attached hydrogens (tertiary/aromatic N) is 1. The topological polar surface area (TPSA) is 77.1 Å². The minimum Gasteiger partial charge on any atom is -0.497 e. The maximum absolute atomic E-state index is 12.3. The zero-order valence-electron chi connectivity index (χ0n) is 16.6. The molecular weight excluding hydrogens is 372 g/mol. The van der Waals surface area contributed by atoms with E-state index in [0.717, 1.165) is 25.9 Å². The largest absolute Gasteiger partial charge is 0.497 e. The minimum absolute atomic E-state index is 0.0308. The number of carbonyl (C=O) groups excluding carboxylic acids is 2. The van der Waals surface area contributed by atoms with Crippen molar-refractivity contribution < 1.29 is 23.8 Å². The summed E-state index contributed by atoms with van der Waals surface area (Å²) in [5, 5.41) is 2.76. The summed E-state index contributed by atoms with van der Waals surface area (Å²) in [6, 6.07) is 14.0. The van der Waals surface area contributed by atoms with Gasteiger partial charge in [-0.25, -0.2) is 0 Å². The first-order valence-electron chi connectivity index (χ1n) is 9.72. The van der Waals surface area contributed by atoms with Crippen LogP contribution in [0.25, 0.3) is 0 Å². The lowest BCUT2D eigenvalue weighted by molar-refractivity contribution is -0.134. The van der Waals surface area contributed by atoms with Crippen molar-refractivity contribution >= 4 is 17.5 Å². The second-order valence-electron chi connectivity index (χ2n) is 6.74. The number of carbonyl (C=O) groups is 2. The van der Waals surface area contributed by atoms with Gasteiger partial charge in [0.1, 0.15) is 5.75 Å². The van der Waals surface area contributed by atoms with E-state index in [1.807, 2.05) is 4.90 Å². The van der Waals surface area contributed by atoms with E-state index in [2.05, 4.69) is 5.32 Å². The molecule has 0 aliphatic carbocycles. The zero-order chi connectivity index (χ0) is 20.5. The van der Waals surface area contributed by atoms with Gasteiger partial charge in [-0.3, -0.25) is 9.59 Å². The Morgan fingerprint density at radius 1 is 0.897 bits per heavy atom. The van der Waals surface area contributed by atoms with Gasteiger partial charge in [-0.15, -0.1) is 0 Å². The Kier molecular flexibility index (Phi) is 7.33. The highest BCUT2D eigenvalue weighted by Gasteiger charge is 2.17. The molecule has 2 amide bonds. The summed E-state index contributed by atoms with van der Waals surface area (Å²) >= 11 is 0. The summed E-state index contributed by atoms with van der Waals surface area (Å²) in [7, 11) is 1.58. The second kappa shape index (κ2) is 10.4. The molecule has 1 N–H and O–H groups in total. The van der Waals surface area contributed by atoms with Crippen molar-refractivity contribution in [2.45, 2.75) is 19.3 Å². The molecule has 0 bridgehead atoms. The molecule has 0 spiro atoms. The van der Waals surface area contributed by atoms with Gasteiger partial charge in [-0.2, -0.15) is 0 Å². The first-order valence-corrected chi connectivity index (χ1v) is 9.72. The number of piperidine rings is 1. The lowest BCUT2D eigenvalue weighted by Gasteiger charge is -2.26. The maximum atomic E-state index is 12.3. The summed E-state index contributed by atoms with van der Waals surface area (Å²) in [5.74, 6) is 1.24. The molecule has 1 saturated heterocycles. The number of rotatable bonds is 8. The number of hydrogen-bond donors (Lipinski definition) is 1. The monoisotopic (exact) mass is 398 g/mol. The summed E-state index contributed by atoms with van der Waals surface area (Å²) in [6.07, 6.45) is 3.24. The fourth-order valence-corrected chi connectivity index (χ4v) is 3.08. The number of hydrogen-bond acceptors (Lipinski definition) is 5. The summed E-state index contributed by atoms with van der Waals surface area (Å²) < 4.78 is 16.4. The molecule has 154 valence electrons. The molecule has 0 saturated carbocycles. The first kappa shape index (κ1) is 20.5. The highest BCUT2D eigenvalue weighted by molar-refractivity contribution is 5.91.